The Morgan fingerprint density at radius 1 is 1.57 bits per heavy atom. The Labute approximate surface area is 82.8 Å². The molecule has 1 rings (SSSR count). The smallest absolute Gasteiger partial charge is 0.316 e. The molecule has 4 N–H and O–H groups in total. The van der Waals surface area contributed by atoms with Crippen molar-refractivity contribution in [2.45, 2.75) is 0 Å². The van der Waals surface area contributed by atoms with Crippen molar-refractivity contribution in [1.82, 2.24) is 0 Å². The maximum atomic E-state index is 10.6. The molecule has 1 aromatic carbocycles. The summed E-state index contributed by atoms with van der Waals surface area (Å²) in [7, 11) is 1.82. The second-order valence-electron chi connectivity index (χ2n) is 2.75. The zero-order chi connectivity index (χ0) is 10.6. The van der Waals surface area contributed by atoms with Crippen molar-refractivity contribution in [3.63, 3.8) is 0 Å². The van der Waals surface area contributed by atoms with E-state index in [1.54, 1.807) is 18.2 Å². The van der Waals surface area contributed by atoms with Gasteiger partial charge in [0.05, 0.1) is 0 Å². The number of carbonyl (C=O) groups is 1. The van der Waals surface area contributed by atoms with Crippen LogP contribution in [0.3, 0.4) is 0 Å². The number of carbonyl (C=O) groups excluding carboxylic acids is 1. The minimum atomic E-state index is -0.572. The molecule has 2 amide bonds. The van der Waals surface area contributed by atoms with E-state index in [9.17, 15) is 4.79 Å². The molecular formula is C10H13N3O. The van der Waals surface area contributed by atoms with Crippen LogP contribution in [0, 0.1) is 0 Å². The second kappa shape index (κ2) is 4.32. The molecule has 4 heteroatoms. The minimum absolute atomic E-state index is 0.572. The summed E-state index contributed by atoms with van der Waals surface area (Å²) >= 11 is 0. The number of urea groups is 1. The van der Waals surface area contributed by atoms with Crippen molar-refractivity contribution in [3.8, 4) is 0 Å². The standard InChI is InChI=1S/C10H13N3O/c1-3-7-6-8(13-10(11)14)4-5-9(7)12-2/h3-6,12H,1H2,2H3,(H3,11,13,14). The molecule has 0 aromatic heterocycles. The van der Waals surface area contributed by atoms with Gasteiger partial charge in [-0.2, -0.15) is 0 Å². The van der Waals surface area contributed by atoms with E-state index in [1.165, 1.54) is 0 Å². The van der Waals surface area contributed by atoms with Crippen LogP contribution in [0.1, 0.15) is 5.56 Å². The molecule has 0 aliphatic rings. The van der Waals surface area contributed by atoms with Crippen molar-refractivity contribution in [2.75, 3.05) is 17.7 Å². The van der Waals surface area contributed by atoms with Crippen LogP contribution in [0.25, 0.3) is 6.08 Å². The maximum Gasteiger partial charge on any atom is 0.316 e. The van der Waals surface area contributed by atoms with Gasteiger partial charge in [-0.3, -0.25) is 0 Å². The lowest BCUT2D eigenvalue weighted by Gasteiger charge is -2.08. The van der Waals surface area contributed by atoms with Gasteiger partial charge in [-0.15, -0.1) is 0 Å². The maximum absolute atomic E-state index is 10.6. The predicted octanol–water partition coefficient (Wildman–Crippen LogP) is 1.86. The lowest BCUT2D eigenvalue weighted by molar-refractivity contribution is 0.259. The lowest BCUT2D eigenvalue weighted by atomic mass is 10.1. The molecule has 1 aromatic rings. The van der Waals surface area contributed by atoms with Gasteiger partial charge in [0, 0.05) is 18.4 Å². The number of amides is 2. The summed E-state index contributed by atoms with van der Waals surface area (Å²) < 4.78 is 0. The topological polar surface area (TPSA) is 67.1 Å². The first-order valence-corrected chi connectivity index (χ1v) is 4.18. The molecule has 0 atom stereocenters. The number of benzene rings is 1. The number of anilines is 2. The summed E-state index contributed by atoms with van der Waals surface area (Å²) in [6.07, 6.45) is 1.71. The number of primary amides is 1. The van der Waals surface area contributed by atoms with Crippen LogP contribution >= 0.6 is 0 Å². The average Bonchev–Trinajstić information content (AvgIpc) is 2.16. The SMILES string of the molecule is C=Cc1cc(NC(N)=O)ccc1NC. The summed E-state index contributed by atoms with van der Waals surface area (Å²) in [5.41, 5.74) is 7.52. The van der Waals surface area contributed by atoms with Gasteiger partial charge < -0.3 is 16.4 Å². The summed E-state index contributed by atoms with van der Waals surface area (Å²) in [4.78, 5) is 10.6. The van der Waals surface area contributed by atoms with Crippen LogP contribution < -0.4 is 16.4 Å². The van der Waals surface area contributed by atoms with Gasteiger partial charge in [0.2, 0.25) is 0 Å². The van der Waals surface area contributed by atoms with Crippen LogP contribution in [0.2, 0.25) is 0 Å². The van der Waals surface area contributed by atoms with E-state index < -0.39 is 6.03 Å². The normalized spacial score (nSPS) is 9.21. The Morgan fingerprint density at radius 2 is 2.29 bits per heavy atom. The number of nitrogens with two attached hydrogens (primary N) is 1. The van der Waals surface area contributed by atoms with Crippen LogP contribution in [0.15, 0.2) is 24.8 Å². The molecule has 0 saturated heterocycles. The molecule has 4 nitrogen and oxygen atoms in total. The third-order valence-electron chi connectivity index (χ3n) is 1.81. The molecule has 0 heterocycles. The van der Waals surface area contributed by atoms with E-state index in [-0.39, 0.29) is 0 Å². The Hall–Kier alpha value is -1.97. The van der Waals surface area contributed by atoms with Gasteiger partial charge in [0.25, 0.3) is 0 Å². The molecule has 0 unspecified atom stereocenters. The van der Waals surface area contributed by atoms with Crippen LogP contribution in [0.4, 0.5) is 16.2 Å². The Morgan fingerprint density at radius 3 is 2.79 bits per heavy atom. The average molecular weight is 191 g/mol. The third kappa shape index (κ3) is 2.26. The highest BCUT2D eigenvalue weighted by Gasteiger charge is 2.00. The van der Waals surface area contributed by atoms with Crippen LogP contribution in [-0.2, 0) is 0 Å². The van der Waals surface area contributed by atoms with E-state index in [0.717, 1.165) is 11.3 Å². The van der Waals surface area contributed by atoms with Crippen molar-refractivity contribution in [2.24, 2.45) is 5.73 Å². The zero-order valence-corrected chi connectivity index (χ0v) is 8.00. The van der Waals surface area contributed by atoms with Gasteiger partial charge >= 0.3 is 6.03 Å². The molecule has 0 radical (unpaired) electrons. The van der Waals surface area contributed by atoms with Crippen LogP contribution in [-0.4, -0.2) is 13.1 Å². The van der Waals surface area contributed by atoms with E-state index in [2.05, 4.69) is 17.2 Å². The molecule has 0 fully saturated rings. The molecule has 0 saturated carbocycles. The first kappa shape index (κ1) is 10.1. The predicted molar refractivity (Wildman–Crippen MR) is 59.3 cm³/mol. The summed E-state index contributed by atoms with van der Waals surface area (Å²) in [5, 5.41) is 5.51. The number of hydrogen-bond acceptors (Lipinski definition) is 2. The Kier molecular flexibility index (Phi) is 3.12. The van der Waals surface area contributed by atoms with Crippen molar-refractivity contribution in [1.29, 1.82) is 0 Å². The van der Waals surface area contributed by atoms with E-state index in [0.29, 0.717) is 5.69 Å². The van der Waals surface area contributed by atoms with Crippen molar-refractivity contribution >= 4 is 23.5 Å². The summed E-state index contributed by atoms with van der Waals surface area (Å²) in [6.45, 7) is 3.68. The largest absolute Gasteiger partial charge is 0.388 e. The fraction of sp³-hybridized carbons (Fsp3) is 0.100. The van der Waals surface area contributed by atoms with Crippen molar-refractivity contribution in [3.05, 3.63) is 30.3 Å². The highest BCUT2D eigenvalue weighted by Crippen LogP contribution is 2.20. The fourth-order valence-corrected chi connectivity index (χ4v) is 1.18. The summed E-state index contributed by atoms with van der Waals surface area (Å²) in [6, 6.07) is 4.84. The van der Waals surface area contributed by atoms with Gasteiger partial charge in [-0.1, -0.05) is 12.7 Å². The van der Waals surface area contributed by atoms with Gasteiger partial charge in [-0.05, 0) is 23.8 Å². The quantitative estimate of drug-likeness (QED) is 0.682. The molecule has 0 spiro atoms. The fourth-order valence-electron chi connectivity index (χ4n) is 1.18. The molecule has 0 aliphatic heterocycles. The number of hydrogen-bond donors (Lipinski definition) is 3. The van der Waals surface area contributed by atoms with Crippen LogP contribution in [0.5, 0.6) is 0 Å². The lowest BCUT2D eigenvalue weighted by Crippen LogP contribution is -2.19. The van der Waals surface area contributed by atoms with Gasteiger partial charge in [-0.25, -0.2) is 4.79 Å². The molecular weight excluding hydrogens is 178 g/mol. The highest BCUT2D eigenvalue weighted by molar-refractivity contribution is 5.88. The monoisotopic (exact) mass is 191 g/mol. The molecule has 74 valence electrons. The van der Waals surface area contributed by atoms with E-state index >= 15 is 0 Å². The zero-order valence-electron chi connectivity index (χ0n) is 8.00. The number of nitrogens with one attached hydrogen (secondary N) is 2. The van der Waals surface area contributed by atoms with Crippen molar-refractivity contribution < 1.29 is 4.79 Å². The van der Waals surface area contributed by atoms with Gasteiger partial charge in [0.15, 0.2) is 0 Å². The molecule has 0 bridgehead atoms. The van der Waals surface area contributed by atoms with E-state index in [1.807, 2.05) is 13.1 Å². The second-order valence-corrected chi connectivity index (χ2v) is 2.75. The number of rotatable bonds is 3. The first-order chi connectivity index (χ1) is 6.67. The van der Waals surface area contributed by atoms with Gasteiger partial charge in [0.1, 0.15) is 0 Å². The highest BCUT2D eigenvalue weighted by atomic mass is 16.2. The third-order valence-corrected chi connectivity index (χ3v) is 1.81. The van der Waals surface area contributed by atoms with E-state index in [4.69, 9.17) is 5.73 Å². The first-order valence-electron chi connectivity index (χ1n) is 4.18. The summed E-state index contributed by atoms with van der Waals surface area (Å²) in [5.74, 6) is 0. The minimum Gasteiger partial charge on any atom is -0.388 e. The Bertz CT molecular complexity index is 360. The Balaban J connectivity index is 3.01. The molecule has 14 heavy (non-hydrogen) atoms. The molecule has 0 aliphatic carbocycles.